The standard InChI is InChI=1S/2C18H26N2O2.C18H25NO2/c1-7-14-9-13(5)10-15(8-2)16(14)17(21)18(22-6)20-19-11-12(3)4;1-7-14-9-13(5)10-15(8-2)16(14)17(21)18(22)20(6)19-11-12(3)4;1-6-14-8-13(5)9-15(7-2)17(14)18(21)16(20)11-19-10-12(3)4/h2*9-12H,7-8H2,1-6H3;8-10,12H,6-7,11H2,1-5H3. The van der Waals surface area contributed by atoms with Crippen LogP contribution in [0.15, 0.2) is 56.7 Å². The fourth-order valence-corrected chi connectivity index (χ4v) is 6.98. The average Bonchev–Trinajstić information content (AvgIpc) is 3.27. The van der Waals surface area contributed by atoms with Crippen molar-refractivity contribution in [2.45, 2.75) is 142 Å². The van der Waals surface area contributed by atoms with Gasteiger partial charge in [0.2, 0.25) is 17.3 Å². The van der Waals surface area contributed by atoms with Crippen molar-refractivity contribution in [2.75, 3.05) is 20.7 Å². The molecule has 0 atom stereocenters. The van der Waals surface area contributed by atoms with E-state index in [2.05, 4.69) is 32.4 Å². The molecule has 0 fully saturated rings. The number of hydrazone groups is 1. The number of rotatable bonds is 19. The molecular formula is C54H77N5O6. The lowest BCUT2D eigenvalue weighted by Crippen LogP contribution is -2.31. The number of hydrogen-bond acceptors (Lipinski definition) is 10. The molecule has 0 heterocycles. The molecule has 3 rings (SSSR count). The Morgan fingerprint density at radius 3 is 1.20 bits per heavy atom. The van der Waals surface area contributed by atoms with Gasteiger partial charge in [-0.15, -0.1) is 5.10 Å². The summed E-state index contributed by atoms with van der Waals surface area (Å²) in [5.74, 6) is -1.28. The predicted octanol–water partition coefficient (Wildman–Crippen LogP) is 11.0. The number of Topliss-reactive ketones (excluding diaryl/α,β-unsaturated/α-hetero) is 4. The monoisotopic (exact) mass is 892 g/mol. The van der Waals surface area contributed by atoms with Crippen LogP contribution >= 0.6 is 0 Å². The lowest BCUT2D eigenvalue weighted by atomic mass is 9.91. The first-order chi connectivity index (χ1) is 30.6. The van der Waals surface area contributed by atoms with Gasteiger partial charge in [0.25, 0.3) is 11.7 Å². The Bertz CT molecular complexity index is 2150. The molecule has 0 aliphatic rings. The zero-order chi connectivity index (χ0) is 49.6. The molecule has 0 bridgehead atoms. The van der Waals surface area contributed by atoms with E-state index in [9.17, 15) is 24.0 Å². The molecule has 3 aromatic carbocycles. The Morgan fingerprint density at radius 2 is 0.877 bits per heavy atom. The van der Waals surface area contributed by atoms with E-state index < -0.39 is 23.3 Å². The maximum Gasteiger partial charge on any atom is 0.314 e. The minimum Gasteiger partial charge on any atom is -0.477 e. The number of likely N-dealkylation sites (N-methyl/N-ethyl adjacent to an activating group) is 1. The first kappa shape index (κ1) is 57.3. The van der Waals surface area contributed by atoms with Crippen molar-refractivity contribution >= 4 is 53.6 Å². The number of benzene rings is 3. The molecule has 0 saturated carbocycles. The van der Waals surface area contributed by atoms with Gasteiger partial charge in [0, 0.05) is 42.4 Å². The summed E-state index contributed by atoms with van der Waals surface area (Å²) in [7, 11) is 2.97. The van der Waals surface area contributed by atoms with E-state index in [4.69, 9.17) is 4.74 Å². The summed E-state index contributed by atoms with van der Waals surface area (Å²) in [5.41, 5.74) is 11.1. The molecule has 0 aliphatic heterocycles. The molecule has 354 valence electrons. The van der Waals surface area contributed by atoms with Crippen LogP contribution in [0, 0.1) is 38.5 Å². The van der Waals surface area contributed by atoms with Gasteiger partial charge in [0.1, 0.15) is 6.54 Å². The largest absolute Gasteiger partial charge is 0.477 e. The summed E-state index contributed by atoms with van der Waals surface area (Å²) in [6, 6.07) is 12.1. The Balaban J connectivity index is 0.000000488. The highest BCUT2D eigenvalue weighted by atomic mass is 16.5. The van der Waals surface area contributed by atoms with E-state index >= 15 is 0 Å². The van der Waals surface area contributed by atoms with E-state index in [1.54, 1.807) is 18.6 Å². The molecule has 0 N–H and O–H groups in total. The van der Waals surface area contributed by atoms with Crippen LogP contribution in [0.4, 0.5) is 0 Å². The van der Waals surface area contributed by atoms with Gasteiger partial charge >= 0.3 is 5.91 Å². The minimum atomic E-state index is -0.592. The van der Waals surface area contributed by atoms with E-state index in [0.717, 1.165) is 88.0 Å². The topological polar surface area (TPSA) is 147 Å². The number of carbonyl (C=O) groups excluding carboxylic acids is 5. The summed E-state index contributed by atoms with van der Waals surface area (Å²) in [4.78, 5) is 66.4. The average molecular weight is 892 g/mol. The summed E-state index contributed by atoms with van der Waals surface area (Å²) in [6.45, 7) is 30.0. The maximum atomic E-state index is 12.8. The second-order valence-corrected chi connectivity index (χ2v) is 17.1. The number of aliphatic imine (C=N–C) groups is 1. The molecule has 0 unspecified atom stereocenters. The van der Waals surface area contributed by atoms with Crippen molar-refractivity contribution < 1.29 is 28.7 Å². The highest BCUT2D eigenvalue weighted by molar-refractivity contribution is 6.45. The predicted molar refractivity (Wildman–Crippen MR) is 270 cm³/mol. The van der Waals surface area contributed by atoms with Gasteiger partial charge in [-0.2, -0.15) is 10.2 Å². The summed E-state index contributed by atoms with van der Waals surface area (Å²) < 4.78 is 5.16. The normalized spacial score (nSPS) is 11.6. The Kier molecular flexibility index (Phi) is 25.5. The number of ketones is 4. The summed E-state index contributed by atoms with van der Waals surface area (Å²) in [6.07, 6.45) is 9.58. The van der Waals surface area contributed by atoms with Crippen molar-refractivity contribution in [2.24, 2.45) is 38.1 Å². The SMILES string of the molecule is CCc1cc(C)cc(CC)c1C(=O)C(=NN=CC(C)C)OC.CCc1cc(C)cc(CC)c1C(=O)C(=O)CN=CC(C)C.CCc1cc(C)cc(CC)c1C(=O)C(=O)N(C)N=CC(C)C. The number of nitrogens with zero attached hydrogens (tertiary/aromatic N) is 5. The number of methoxy groups -OCH3 is 1. The van der Waals surface area contributed by atoms with Gasteiger partial charge in [-0.05, 0) is 110 Å². The van der Waals surface area contributed by atoms with Crippen molar-refractivity contribution in [3.63, 3.8) is 0 Å². The molecule has 1 amide bonds. The second-order valence-electron chi connectivity index (χ2n) is 17.1. The zero-order valence-electron chi connectivity index (χ0n) is 42.6. The molecule has 0 aliphatic carbocycles. The number of hydrogen-bond donors (Lipinski definition) is 0. The molecule has 0 aromatic heterocycles. The van der Waals surface area contributed by atoms with Crippen LogP contribution < -0.4 is 0 Å². The summed E-state index contributed by atoms with van der Waals surface area (Å²) in [5, 5.41) is 13.0. The van der Waals surface area contributed by atoms with E-state index in [1.807, 2.05) is 128 Å². The number of amides is 1. The van der Waals surface area contributed by atoms with Crippen LogP contribution in [-0.4, -0.2) is 79.3 Å². The fraction of sp³-hybridized carbons (Fsp3) is 0.500. The van der Waals surface area contributed by atoms with E-state index in [1.165, 1.54) is 19.7 Å². The maximum absolute atomic E-state index is 12.8. The summed E-state index contributed by atoms with van der Waals surface area (Å²) >= 11 is 0. The van der Waals surface area contributed by atoms with Gasteiger partial charge in [0.15, 0.2) is 0 Å². The molecule has 0 radical (unpaired) electrons. The van der Waals surface area contributed by atoms with Gasteiger partial charge in [-0.1, -0.05) is 136 Å². The van der Waals surface area contributed by atoms with Crippen LogP contribution in [0.25, 0.3) is 0 Å². The van der Waals surface area contributed by atoms with Gasteiger partial charge in [-0.25, -0.2) is 5.01 Å². The Hall–Kier alpha value is -5.71. The van der Waals surface area contributed by atoms with Crippen molar-refractivity contribution in [3.05, 3.63) is 103 Å². The zero-order valence-corrected chi connectivity index (χ0v) is 42.6. The molecule has 11 nitrogen and oxygen atoms in total. The molecule has 11 heteroatoms. The fourth-order valence-electron chi connectivity index (χ4n) is 6.98. The lowest BCUT2D eigenvalue weighted by molar-refractivity contribution is -0.125. The van der Waals surface area contributed by atoms with Gasteiger partial charge in [0.05, 0.1) is 7.11 Å². The molecule has 65 heavy (non-hydrogen) atoms. The Labute approximate surface area is 390 Å². The number of ether oxygens (including phenoxy) is 1. The van der Waals surface area contributed by atoms with Crippen molar-refractivity contribution in [1.29, 1.82) is 0 Å². The van der Waals surface area contributed by atoms with Gasteiger partial charge in [-0.3, -0.25) is 29.0 Å². The molecule has 3 aromatic rings. The van der Waals surface area contributed by atoms with Crippen molar-refractivity contribution in [1.82, 2.24) is 5.01 Å². The first-order valence-electron chi connectivity index (χ1n) is 23.2. The van der Waals surface area contributed by atoms with Crippen LogP contribution in [0.5, 0.6) is 0 Å². The van der Waals surface area contributed by atoms with Crippen LogP contribution in [0.1, 0.15) is 164 Å². The van der Waals surface area contributed by atoms with Crippen LogP contribution in [0.2, 0.25) is 0 Å². The first-order valence-corrected chi connectivity index (χ1v) is 23.2. The number of carbonyl (C=O) groups is 5. The van der Waals surface area contributed by atoms with E-state index in [0.29, 0.717) is 16.7 Å². The van der Waals surface area contributed by atoms with E-state index in [-0.39, 0.29) is 36.0 Å². The minimum absolute atomic E-state index is 0.0325. The van der Waals surface area contributed by atoms with Gasteiger partial charge < -0.3 is 4.74 Å². The third kappa shape index (κ3) is 18.0. The third-order valence-electron chi connectivity index (χ3n) is 10.1. The second kappa shape index (κ2) is 29.0. The molecule has 0 saturated heterocycles. The molecular weight excluding hydrogens is 815 g/mol. The lowest BCUT2D eigenvalue weighted by Gasteiger charge is -2.16. The highest BCUT2D eigenvalue weighted by Gasteiger charge is 2.26. The van der Waals surface area contributed by atoms with Crippen LogP contribution in [0.3, 0.4) is 0 Å². The number of aryl methyl sites for hydroxylation is 9. The Morgan fingerprint density at radius 1 is 0.538 bits per heavy atom. The van der Waals surface area contributed by atoms with Crippen molar-refractivity contribution in [3.8, 4) is 0 Å². The highest BCUT2D eigenvalue weighted by Crippen LogP contribution is 2.23. The third-order valence-corrected chi connectivity index (χ3v) is 10.1. The van der Waals surface area contributed by atoms with Crippen LogP contribution in [-0.2, 0) is 52.9 Å². The molecule has 0 spiro atoms. The smallest absolute Gasteiger partial charge is 0.314 e. The quantitative estimate of drug-likeness (QED) is 0.0385.